The minimum atomic E-state index is -3.43. The van der Waals surface area contributed by atoms with Gasteiger partial charge in [0, 0.05) is 19.6 Å². The molecule has 0 aromatic heterocycles. The maximum absolute atomic E-state index is 12.7. The number of hydrogen-bond donors (Lipinski definition) is 0. The Bertz CT molecular complexity index is 881. The maximum Gasteiger partial charge on any atom is 0.238 e. The molecule has 5 nitrogen and oxygen atoms in total. The summed E-state index contributed by atoms with van der Waals surface area (Å²) in [5, 5.41) is 0. The molecule has 0 saturated carbocycles. The Kier molecular flexibility index (Phi) is 6.29. The van der Waals surface area contributed by atoms with Gasteiger partial charge in [0.25, 0.3) is 0 Å². The van der Waals surface area contributed by atoms with Crippen molar-refractivity contribution in [2.45, 2.75) is 25.8 Å². The summed E-state index contributed by atoms with van der Waals surface area (Å²) in [7, 11) is -3.43. The highest BCUT2D eigenvalue weighted by Crippen LogP contribution is 2.19. The SMILES string of the molecule is CS(=O)(=O)N(CCCc1ccccc1)CC(=O)N1CCc2ccccc2C1. The number of sulfonamides is 1. The molecule has 1 amide bonds. The first kappa shape index (κ1) is 19.6. The average Bonchev–Trinajstić information content (AvgIpc) is 2.66. The lowest BCUT2D eigenvalue weighted by Gasteiger charge is -2.30. The van der Waals surface area contributed by atoms with Crippen molar-refractivity contribution in [2.75, 3.05) is 25.9 Å². The molecule has 0 saturated heterocycles. The molecular formula is C21H26N2O3S. The van der Waals surface area contributed by atoms with Crippen LogP contribution in [0.1, 0.15) is 23.1 Å². The molecule has 1 aliphatic heterocycles. The van der Waals surface area contributed by atoms with Crippen molar-refractivity contribution in [3.05, 3.63) is 71.3 Å². The van der Waals surface area contributed by atoms with Crippen LogP contribution in [0.15, 0.2) is 54.6 Å². The molecule has 0 fully saturated rings. The Hall–Kier alpha value is -2.18. The summed E-state index contributed by atoms with van der Waals surface area (Å²) in [4.78, 5) is 14.5. The van der Waals surface area contributed by atoms with Gasteiger partial charge in [0.2, 0.25) is 15.9 Å². The zero-order valence-corrected chi connectivity index (χ0v) is 16.5. The topological polar surface area (TPSA) is 57.7 Å². The van der Waals surface area contributed by atoms with Crippen LogP contribution in [-0.2, 0) is 34.2 Å². The standard InChI is InChI=1S/C21H26N2O3S/c1-27(25,26)23(14-7-10-18-8-3-2-4-9-18)17-21(24)22-15-13-19-11-5-6-12-20(19)16-22/h2-6,8-9,11-12H,7,10,13-17H2,1H3. The van der Waals surface area contributed by atoms with Crippen LogP contribution in [0, 0.1) is 0 Å². The van der Waals surface area contributed by atoms with Gasteiger partial charge in [-0.2, -0.15) is 4.31 Å². The molecule has 0 bridgehead atoms. The lowest BCUT2D eigenvalue weighted by atomic mass is 10.00. The second-order valence-corrected chi connectivity index (χ2v) is 9.00. The summed E-state index contributed by atoms with van der Waals surface area (Å²) >= 11 is 0. The van der Waals surface area contributed by atoms with Crippen molar-refractivity contribution in [2.24, 2.45) is 0 Å². The third kappa shape index (κ3) is 5.40. The molecule has 0 aliphatic carbocycles. The van der Waals surface area contributed by atoms with E-state index < -0.39 is 10.0 Å². The molecule has 6 heteroatoms. The molecule has 0 N–H and O–H groups in total. The molecule has 0 spiro atoms. The number of aryl methyl sites for hydroxylation is 1. The molecule has 1 heterocycles. The molecule has 0 atom stereocenters. The van der Waals surface area contributed by atoms with E-state index in [4.69, 9.17) is 0 Å². The zero-order chi connectivity index (χ0) is 19.3. The van der Waals surface area contributed by atoms with Crippen LogP contribution in [0.2, 0.25) is 0 Å². The number of benzene rings is 2. The van der Waals surface area contributed by atoms with Gasteiger partial charge >= 0.3 is 0 Å². The summed E-state index contributed by atoms with van der Waals surface area (Å²) in [5.41, 5.74) is 3.58. The van der Waals surface area contributed by atoms with Crippen molar-refractivity contribution in [3.8, 4) is 0 Å². The van der Waals surface area contributed by atoms with Gasteiger partial charge in [0.15, 0.2) is 0 Å². The number of rotatable bonds is 7. The lowest BCUT2D eigenvalue weighted by molar-refractivity contribution is -0.132. The highest BCUT2D eigenvalue weighted by molar-refractivity contribution is 7.88. The van der Waals surface area contributed by atoms with Gasteiger partial charge in [-0.05, 0) is 36.0 Å². The van der Waals surface area contributed by atoms with Gasteiger partial charge in [-0.25, -0.2) is 8.42 Å². The fourth-order valence-electron chi connectivity index (χ4n) is 3.43. The first-order valence-electron chi connectivity index (χ1n) is 9.27. The fourth-order valence-corrected chi connectivity index (χ4v) is 4.23. The van der Waals surface area contributed by atoms with Gasteiger partial charge in [-0.3, -0.25) is 4.79 Å². The van der Waals surface area contributed by atoms with E-state index in [1.54, 1.807) is 4.90 Å². The van der Waals surface area contributed by atoms with E-state index in [1.807, 2.05) is 48.5 Å². The molecule has 0 radical (unpaired) electrons. The summed E-state index contributed by atoms with van der Waals surface area (Å²) in [6.07, 6.45) is 3.47. The van der Waals surface area contributed by atoms with Crippen molar-refractivity contribution in [1.82, 2.24) is 9.21 Å². The van der Waals surface area contributed by atoms with Crippen LogP contribution in [0.4, 0.5) is 0 Å². The molecule has 2 aromatic carbocycles. The Morgan fingerprint density at radius 2 is 1.70 bits per heavy atom. The molecule has 0 unspecified atom stereocenters. The fraction of sp³-hybridized carbons (Fsp3) is 0.381. The number of hydrogen-bond acceptors (Lipinski definition) is 3. The van der Waals surface area contributed by atoms with Crippen LogP contribution in [-0.4, -0.2) is 49.4 Å². The van der Waals surface area contributed by atoms with Gasteiger partial charge in [0.1, 0.15) is 0 Å². The number of fused-ring (bicyclic) bond motifs is 1. The van der Waals surface area contributed by atoms with Crippen LogP contribution >= 0.6 is 0 Å². The van der Waals surface area contributed by atoms with Crippen molar-refractivity contribution < 1.29 is 13.2 Å². The average molecular weight is 387 g/mol. The lowest BCUT2D eigenvalue weighted by Crippen LogP contribution is -2.44. The summed E-state index contributed by atoms with van der Waals surface area (Å²) < 4.78 is 25.6. The van der Waals surface area contributed by atoms with E-state index in [-0.39, 0.29) is 12.5 Å². The third-order valence-electron chi connectivity index (χ3n) is 4.98. The monoisotopic (exact) mass is 386 g/mol. The summed E-state index contributed by atoms with van der Waals surface area (Å²) in [6.45, 7) is 1.45. The maximum atomic E-state index is 12.7. The Morgan fingerprint density at radius 3 is 2.41 bits per heavy atom. The summed E-state index contributed by atoms with van der Waals surface area (Å²) in [5.74, 6) is -0.130. The molecular weight excluding hydrogens is 360 g/mol. The number of carbonyl (C=O) groups excluding carboxylic acids is 1. The Balaban J connectivity index is 1.58. The predicted octanol–water partition coefficient (Wildman–Crippen LogP) is 2.47. The van der Waals surface area contributed by atoms with E-state index in [2.05, 4.69) is 6.07 Å². The highest BCUT2D eigenvalue weighted by atomic mass is 32.2. The minimum Gasteiger partial charge on any atom is -0.337 e. The first-order chi connectivity index (χ1) is 12.9. The van der Waals surface area contributed by atoms with E-state index in [0.717, 1.165) is 18.4 Å². The molecule has 1 aliphatic rings. The number of carbonyl (C=O) groups is 1. The second kappa shape index (κ2) is 8.67. The van der Waals surface area contributed by atoms with Gasteiger partial charge in [-0.15, -0.1) is 0 Å². The predicted molar refractivity (Wildman–Crippen MR) is 107 cm³/mol. The van der Waals surface area contributed by atoms with E-state index in [0.29, 0.717) is 26.1 Å². The van der Waals surface area contributed by atoms with Crippen LogP contribution < -0.4 is 0 Å². The van der Waals surface area contributed by atoms with Crippen LogP contribution in [0.5, 0.6) is 0 Å². The molecule has 3 rings (SSSR count). The minimum absolute atomic E-state index is 0.0875. The number of nitrogens with zero attached hydrogens (tertiary/aromatic N) is 2. The first-order valence-corrected chi connectivity index (χ1v) is 11.1. The van der Waals surface area contributed by atoms with Crippen molar-refractivity contribution in [3.63, 3.8) is 0 Å². The van der Waals surface area contributed by atoms with Crippen molar-refractivity contribution in [1.29, 1.82) is 0 Å². The Morgan fingerprint density at radius 1 is 1.04 bits per heavy atom. The van der Waals surface area contributed by atoms with E-state index in [1.165, 1.54) is 21.7 Å². The third-order valence-corrected chi connectivity index (χ3v) is 6.23. The normalized spacial score (nSPS) is 14.2. The Labute approximate surface area is 161 Å². The van der Waals surface area contributed by atoms with Crippen LogP contribution in [0.3, 0.4) is 0 Å². The smallest absolute Gasteiger partial charge is 0.238 e. The highest BCUT2D eigenvalue weighted by Gasteiger charge is 2.25. The van der Waals surface area contributed by atoms with Gasteiger partial charge < -0.3 is 4.90 Å². The van der Waals surface area contributed by atoms with Gasteiger partial charge in [-0.1, -0.05) is 54.6 Å². The van der Waals surface area contributed by atoms with E-state index in [9.17, 15) is 13.2 Å². The number of amides is 1. The molecule has 2 aromatic rings. The molecule has 27 heavy (non-hydrogen) atoms. The second-order valence-electron chi connectivity index (χ2n) is 7.02. The summed E-state index contributed by atoms with van der Waals surface area (Å²) in [6, 6.07) is 18.1. The zero-order valence-electron chi connectivity index (χ0n) is 15.7. The molecule has 144 valence electrons. The largest absolute Gasteiger partial charge is 0.337 e. The van der Waals surface area contributed by atoms with E-state index >= 15 is 0 Å². The van der Waals surface area contributed by atoms with Gasteiger partial charge in [0.05, 0.1) is 12.8 Å². The van der Waals surface area contributed by atoms with Crippen molar-refractivity contribution >= 4 is 15.9 Å². The van der Waals surface area contributed by atoms with Crippen LogP contribution in [0.25, 0.3) is 0 Å². The quantitative estimate of drug-likeness (QED) is 0.735.